The Morgan fingerprint density at radius 1 is 1.18 bits per heavy atom. The van der Waals surface area contributed by atoms with Crippen LogP contribution in [0.2, 0.25) is 0 Å². The second-order valence-electron chi connectivity index (χ2n) is 4.64. The van der Waals surface area contributed by atoms with E-state index in [-0.39, 0.29) is 5.56 Å². The molecule has 1 nitrogen and oxygen atoms in total. The monoisotopic (exact) mass is 259 g/mol. The number of halogens is 2. The quantitative estimate of drug-likeness (QED) is 0.873. The molecule has 1 rings (SSSR count). The van der Waals surface area contributed by atoms with Crippen LogP contribution in [0.1, 0.15) is 31.0 Å². The molecule has 0 heterocycles. The van der Waals surface area contributed by atoms with Gasteiger partial charge in [0.15, 0.2) is 11.6 Å². The van der Waals surface area contributed by atoms with Crippen LogP contribution in [0.5, 0.6) is 0 Å². The molecule has 0 amide bonds. The SMILES string of the molecule is Cc1ccc(C(N)CSCC(C)C)c(F)c1F. The molecule has 0 aromatic heterocycles. The van der Waals surface area contributed by atoms with E-state index in [1.807, 2.05) is 0 Å². The fourth-order valence-corrected chi connectivity index (χ4v) is 2.51. The first-order chi connectivity index (χ1) is 7.93. The fraction of sp³-hybridized carbons (Fsp3) is 0.538. The topological polar surface area (TPSA) is 26.0 Å². The lowest BCUT2D eigenvalue weighted by atomic mass is 10.1. The Labute approximate surface area is 106 Å². The zero-order chi connectivity index (χ0) is 13.0. The number of hydrogen-bond donors (Lipinski definition) is 1. The Morgan fingerprint density at radius 2 is 1.82 bits per heavy atom. The maximum absolute atomic E-state index is 13.6. The maximum atomic E-state index is 13.6. The number of nitrogens with two attached hydrogens (primary N) is 1. The average Bonchev–Trinajstić information content (AvgIpc) is 2.25. The Hall–Kier alpha value is -0.610. The van der Waals surface area contributed by atoms with Crippen molar-refractivity contribution in [2.24, 2.45) is 11.7 Å². The summed E-state index contributed by atoms with van der Waals surface area (Å²) in [5.74, 6) is 0.572. The van der Waals surface area contributed by atoms with Crippen LogP contribution in [0.3, 0.4) is 0 Å². The van der Waals surface area contributed by atoms with Gasteiger partial charge in [0, 0.05) is 17.4 Å². The van der Waals surface area contributed by atoms with Gasteiger partial charge in [0.2, 0.25) is 0 Å². The van der Waals surface area contributed by atoms with E-state index >= 15 is 0 Å². The molecule has 0 fully saturated rings. The van der Waals surface area contributed by atoms with E-state index < -0.39 is 17.7 Å². The number of aryl methyl sites for hydroxylation is 1. The van der Waals surface area contributed by atoms with E-state index in [0.29, 0.717) is 17.2 Å². The van der Waals surface area contributed by atoms with Crippen LogP contribution in [-0.4, -0.2) is 11.5 Å². The Kier molecular flexibility index (Phi) is 5.40. The standard InChI is InChI=1S/C13H19F2NS/c1-8(2)6-17-7-11(16)10-5-4-9(3)12(14)13(10)15/h4-5,8,11H,6-7,16H2,1-3H3. The summed E-state index contributed by atoms with van der Waals surface area (Å²) >= 11 is 1.67. The molecule has 96 valence electrons. The molecule has 0 aliphatic heterocycles. The molecular weight excluding hydrogens is 240 g/mol. The third-order valence-corrected chi connectivity index (χ3v) is 3.95. The average molecular weight is 259 g/mol. The Bertz CT molecular complexity index is 380. The van der Waals surface area contributed by atoms with Crippen molar-refractivity contribution in [3.8, 4) is 0 Å². The Morgan fingerprint density at radius 3 is 2.41 bits per heavy atom. The van der Waals surface area contributed by atoms with Crippen LogP contribution >= 0.6 is 11.8 Å². The molecule has 0 aliphatic carbocycles. The van der Waals surface area contributed by atoms with Crippen molar-refractivity contribution < 1.29 is 8.78 Å². The number of hydrogen-bond acceptors (Lipinski definition) is 2. The lowest BCUT2D eigenvalue weighted by Crippen LogP contribution is -2.16. The highest BCUT2D eigenvalue weighted by Crippen LogP contribution is 2.23. The van der Waals surface area contributed by atoms with E-state index in [1.165, 1.54) is 0 Å². The van der Waals surface area contributed by atoms with Crippen molar-refractivity contribution in [1.29, 1.82) is 0 Å². The van der Waals surface area contributed by atoms with Gasteiger partial charge >= 0.3 is 0 Å². The molecule has 0 aliphatic rings. The summed E-state index contributed by atoms with van der Waals surface area (Å²) in [4.78, 5) is 0. The summed E-state index contributed by atoms with van der Waals surface area (Å²) in [6.45, 7) is 5.77. The van der Waals surface area contributed by atoms with Crippen molar-refractivity contribution in [2.75, 3.05) is 11.5 Å². The minimum atomic E-state index is -0.803. The largest absolute Gasteiger partial charge is 0.323 e. The van der Waals surface area contributed by atoms with E-state index in [0.717, 1.165) is 5.75 Å². The highest BCUT2D eigenvalue weighted by Gasteiger charge is 2.16. The van der Waals surface area contributed by atoms with Gasteiger partial charge in [-0.15, -0.1) is 0 Å². The number of rotatable bonds is 5. The predicted molar refractivity (Wildman–Crippen MR) is 70.2 cm³/mol. The van der Waals surface area contributed by atoms with Gasteiger partial charge in [-0.1, -0.05) is 26.0 Å². The molecule has 1 unspecified atom stereocenters. The van der Waals surface area contributed by atoms with Crippen LogP contribution in [-0.2, 0) is 0 Å². The van der Waals surface area contributed by atoms with Gasteiger partial charge in [-0.2, -0.15) is 11.8 Å². The molecule has 17 heavy (non-hydrogen) atoms. The maximum Gasteiger partial charge on any atom is 0.163 e. The Balaban J connectivity index is 2.69. The number of benzene rings is 1. The first-order valence-corrected chi connectivity index (χ1v) is 6.86. The van der Waals surface area contributed by atoms with E-state index in [9.17, 15) is 8.78 Å². The molecule has 1 aromatic rings. The molecule has 2 N–H and O–H groups in total. The van der Waals surface area contributed by atoms with Crippen molar-refractivity contribution in [1.82, 2.24) is 0 Å². The minimum absolute atomic E-state index is 0.268. The second-order valence-corrected chi connectivity index (χ2v) is 5.71. The lowest BCUT2D eigenvalue weighted by Gasteiger charge is -2.14. The first-order valence-electron chi connectivity index (χ1n) is 5.71. The van der Waals surface area contributed by atoms with E-state index in [4.69, 9.17) is 5.73 Å². The molecule has 0 saturated carbocycles. The molecular formula is C13H19F2NS. The third-order valence-electron chi connectivity index (χ3n) is 2.45. The highest BCUT2D eigenvalue weighted by molar-refractivity contribution is 7.99. The first kappa shape index (κ1) is 14.5. The van der Waals surface area contributed by atoms with Crippen molar-refractivity contribution in [3.05, 3.63) is 34.9 Å². The van der Waals surface area contributed by atoms with Gasteiger partial charge in [0.05, 0.1) is 0 Å². The van der Waals surface area contributed by atoms with Gasteiger partial charge in [0.1, 0.15) is 0 Å². The summed E-state index contributed by atoms with van der Waals surface area (Å²) in [6.07, 6.45) is 0. The molecule has 0 radical (unpaired) electrons. The summed E-state index contributed by atoms with van der Waals surface area (Å²) in [7, 11) is 0. The fourth-order valence-electron chi connectivity index (χ4n) is 1.47. The van der Waals surface area contributed by atoms with Crippen LogP contribution in [0, 0.1) is 24.5 Å². The van der Waals surface area contributed by atoms with Crippen molar-refractivity contribution in [2.45, 2.75) is 26.8 Å². The highest BCUT2D eigenvalue weighted by atomic mass is 32.2. The summed E-state index contributed by atoms with van der Waals surface area (Å²) in [5.41, 5.74) is 6.45. The van der Waals surface area contributed by atoms with Gasteiger partial charge in [-0.25, -0.2) is 8.78 Å². The summed E-state index contributed by atoms with van der Waals surface area (Å²) in [5, 5.41) is 0. The van der Waals surface area contributed by atoms with Gasteiger partial charge in [-0.05, 0) is 24.2 Å². The molecule has 4 heteroatoms. The van der Waals surface area contributed by atoms with Gasteiger partial charge in [-0.3, -0.25) is 0 Å². The van der Waals surface area contributed by atoms with Crippen LogP contribution in [0.25, 0.3) is 0 Å². The van der Waals surface area contributed by atoms with Gasteiger partial charge < -0.3 is 5.73 Å². The molecule has 0 spiro atoms. The van der Waals surface area contributed by atoms with E-state index in [1.54, 1.807) is 30.8 Å². The minimum Gasteiger partial charge on any atom is -0.323 e. The smallest absolute Gasteiger partial charge is 0.163 e. The van der Waals surface area contributed by atoms with Crippen molar-refractivity contribution in [3.63, 3.8) is 0 Å². The zero-order valence-corrected chi connectivity index (χ0v) is 11.3. The molecule has 0 saturated heterocycles. The third kappa shape index (κ3) is 3.96. The van der Waals surface area contributed by atoms with Crippen molar-refractivity contribution >= 4 is 11.8 Å². The predicted octanol–water partition coefficient (Wildman–Crippen LogP) is 3.66. The molecule has 1 atom stereocenters. The second kappa shape index (κ2) is 6.36. The molecule has 1 aromatic carbocycles. The lowest BCUT2D eigenvalue weighted by molar-refractivity contribution is 0.487. The van der Waals surface area contributed by atoms with Crippen LogP contribution in [0.15, 0.2) is 12.1 Å². The van der Waals surface area contributed by atoms with Gasteiger partial charge in [0.25, 0.3) is 0 Å². The zero-order valence-electron chi connectivity index (χ0n) is 10.5. The van der Waals surface area contributed by atoms with E-state index in [2.05, 4.69) is 13.8 Å². The summed E-state index contributed by atoms with van der Waals surface area (Å²) in [6, 6.07) is 2.70. The van der Waals surface area contributed by atoms with Crippen LogP contribution < -0.4 is 5.73 Å². The normalized spacial score (nSPS) is 13.1. The molecule has 0 bridgehead atoms. The summed E-state index contributed by atoms with van der Waals surface area (Å²) < 4.78 is 27.0. The van der Waals surface area contributed by atoms with Crippen LogP contribution in [0.4, 0.5) is 8.78 Å². The number of thioether (sulfide) groups is 1.